The zero-order valence-corrected chi connectivity index (χ0v) is 15.9. The highest BCUT2D eigenvalue weighted by Crippen LogP contribution is 2.31. The summed E-state index contributed by atoms with van der Waals surface area (Å²) in [6.45, 7) is 0. The van der Waals surface area contributed by atoms with Gasteiger partial charge >= 0.3 is 0 Å². The fourth-order valence-electron chi connectivity index (χ4n) is 2.74. The van der Waals surface area contributed by atoms with Gasteiger partial charge in [-0.1, -0.05) is 41.7 Å². The van der Waals surface area contributed by atoms with Crippen LogP contribution in [0.4, 0.5) is 0 Å². The third kappa shape index (κ3) is 2.36. The predicted molar refractivity (Wildman–Crippen MR) is 104 cm³/mol. The molecule has 0 aliphatic carbocycles. The summed E-state index contributed by atoms with van der Waals surface area (Å²) in [4.78, 5) is 5.20. The molecule has 0 unspecified atom stereocenters. The quantitative estimate of drug-likeness (QED) is 0.442. The highest BCUT2D eigenvalue weighted by atomic mass is 32.2. The lowest BCUT2D eigenvalue weighted by Gasteiger charge is -1.97. The monoisotopic (exact) mass is 408 g/mol. The van der Waals surface area contributed by atoms with Crippen LogP contribution in [0.2, 0.25) is 0 Å². The minimum absolute atomic E-state index is 0.643. The van der Waals surface area contributed by atoms with Crippen molar-refractivity contribution in [1.29, 1.82) is 0 Å². The Balaban J connectivity index is 1.44. The first-order chi connectivity index (χ1) is 13.4. The molecule has 0 bridgehead atoms. The molecular weight excluding hydrogens is 400 g/mol. The van der Waals surface area contributed by atoms with Crippen molar-refractivity contribution in [3.8, 4) is 10.6 Å². The molecule has 1 aromatic carbocycles. The molecule has 130 valence electrons. The number of benzene rings is 1. The first kappa shape index (κ1) is 15.2. The summed E-state index contributed by atoms with van der Waals surface area (Å²) in [5, 5.41) is 26.0. The standard InChI is InChI=1S/C16H8N8S3/c1-2-4-9(5-3-1)13-22-24-15(26-13)20-21-16(24)27-14-19-18-12-11-10(6-7-25-11)17-8-23(12)14/h1-8H. The van der Waals surface area contributed by atoms with E-state index in [0.29, 0.717) is 10.3 Å². The third-order valence-electron chi connectivity index (χ3n) is 3.99. The normalized spacial score (nSPS) is 11.9. The van der Waals surface area contributed by atoms with Crippen molar-refractivity contribution in [3.63, 3.8) is 0 Å². The summed E-state index contributed by atoms with van der Waals surface area (Å²) in [6, 6.07) is 12.0. The molecule has 6 aromatic rings. The Bertz CT molecular complexity index is 1410. The number of aromatic nitrogens is 8. The zero-order chi connectivity index (χ0) is 17.8. The maximum Gasteiger partial charge on any atom is 0.235 e. The predicted octanol–water partition coefficient (Wildman–Crippen LogP) is 3.66. The molecule has 0 amide bonds. The fraction of sp³-hybridized carbons (Fsp3) is 0. The summed E-state index contributed by atoms with van der Waals surface area (Å²) in [5.74, 6) is 0. The van der Waals surface area contributed by atoms with Crippen molar-refractivity contribution >= 4 is 55.3 Å². The van der Waals surface area contributed by atoms with E-state index >= 15 is 0 Å². The lowest BCUT2D eigenvalue weighted by atomic mass is 10.2. The van der Waals surface area contributed by atoms with Gasteiger partial charge in [0.25, 0.3) is 0 Å². The molecule has 5 heterocycles. The maximum absolute atomic E-state index is 4.66. The van der Waals surface area contributed by atoms with Crippen molar-refractivity contribution in [2.45, 2.75) is 10.3 Å². The van der Waals surface area contributed by atoms with E-state index in [9.17, 15) is 0 Å². The van der Waals surface area contributed by atoms with Crippen molar-refractivity contribution in [2.75, 3.05) is 0 Å². The highest BCUT2D eigenvalue weighted by molar-refractivity contribution is 7.99. The second-order valence-corrected chi connectivity index (χ2v) is 8.41. The van der Waals surface area contributed by atoms with Crippen LogP contribution in [0.3, 0.4) is 0 Å². The molecule has 11 heteroatoms. The maximum atomic E-state index is 4.66. The first-order valence-corrected chi connectivity index (χ1v) is 10.4. The van der Waals surface area contributed by atoms with Gasteiger partial charge in [0, 0.05) is 5.56 Å². The molecule has 0 aliphatic rings. The van der Waals surface area contributed by atoms with Gasteiger partial charge in [-0.15, -0.1) is 31.7 Å². The largest absolute Gasteiger partial charge is 0.259 e. The van der Waals surface area contributed by atoms with E-state index in [1.807, 2.05) is 46.2 Å². The molecule has 0 saturated heterocycles. The fourth-order valence-corrected chi connectivity index (χ4v) is 5.23. The summed E-state index contributed by atoms with van der Waals surface area (Å²) < 4.78 is 4.63. The number of nitrogens with zero attached hydrogens (tertiary/aromatic N) is 8. The molecule has 0 saturated carbocycles. The van der Waals surface area contributed by atoms with Crippen LogP contribution in [-0.4, -0.2) is 39.4 Å². The smallest absolute Gasteiger partial charge is 0.235 e. The van der Waals surface area contributed by atoms with Crippen LogP contribution in [0.15, 0.2) is 58.4 Å². The van der Waals surface area contributed by atoms with E-state index in [-0.39, 0.29) is 0 Å². The molecule has 0 spiro atoms. The molecule has 5 aromatic heterocycles. The molecule has 0 aliphatic heterocycles. The summed E-state index contributed by atoms with van der Waals surface area (Å²) in [5.41, 5.74) is 2.77. The van der Waals surface area contributed by atoms with Gasteiger partial charge in [-0.05, 0) is 23.2 Å². The Morgan fingerprint density at radius 1 is 0.926 bits per heavy atom. The van der Waals surface area contributed by atoms with Gasteiger partial charge in [-0.2, -0.15) is 9.61 Å². The van der Waals surface area contributed by atoms with E-state index in [1.54, 1.807) is 22.2 Å². The molecule has 0 fully saturated rings. The topological polar surface area (TPSA) is 86.2 Å². The van der Waals surface area contributed by atoms with Crippen molar-refractivity contribution in [2.24, 2.45) is 0 Å². The average Bonchev–Trinajstić information content (AvgIpc) is 3.46. The van der Waals surface area contributed by atoms with E-state index < -0.39 is 0 Å². The second kappa shape index (κ2) is 5.81. The van der Waals surface area contributed by atoms with Crippen molar-refractivity contribution in [3.05, 3.63) is 48.1 Å². The van der Waals surface area contributed by atoms with Gasteiger partial charge in [0.2, 0.25) is 15.3 Å². The van der Waals surface area contributed by atoms with Crippen molar-refractivity contribution < 1.29 is 0 Å². The third-order valence-corrected chi connectivity index (χ3v) is 6.74. The van der Waals surface area contributed by atoms with Gasteiger partial charge < -0.3 is 0 Å². The van der Waals surface area contributed by atoms with Gasteiger partial charge in [0.15, 0.2) is 5.65 Å². The summed E-state index contributed by atoms with van der Waals surface area (Å²) in [7, 11) is 0. The summed E-state index contributed by atoms with van der Waals surface area (Å²) >= 11 is 4.47. The molecule has 0 N–H and O–H groups in total. The van der Waals surface area contributed by atoms with Crippen LogP contribution in [0.1, 0.15) is 0 Å². The number of hydrogen-bond donors (Lipinski definition) is 0. The van der Waals surface area contributed by atoms with Crippen LogP contribution in [-0.2, 0) is 0 Å². The molecule has 8 nitrogen and oxygen atoms in total. The lowest BCUT2D eigenvalue weighted by molar-refractivity contribution is 0.814. The van der Waals surface area contributed by atoms with Gasteiger partial charge in [-0.25, -0.2) is 4.98 Å². The lowest BCUT2D eigenvalue weighted by Crippen LogP contribution is -1.93. The van der Waals surface area contributed by atoms with E-state index in [0.717, 1.165) is 31.4 Å². The second-order valence-electron chi connectivity index (χ2n) is 5.61. The molecule has 27 heavy (non-hydrogen) atoms. The van der Waals surface area contributed by atoms with Gasteiger partial charge in [0.05, 0.1) is 10.2 Å². The minimum Gasteiger partial charge on any atom is -0.259 e. The van der Waals surface area contributed by atoms with Crippen LogP contribution in [0.25, 0.3) is 31.4 Å². The van der Waals surface area contributed by atoms with Crippen molar-refractivity contribution in [1.82, 2.24) is 39.4 Å². The van der Waals surface area contributed by atoms with Gasteiger partial charge in [0.1, 0.15) is 11.3 Å². The SMILES string of the molecule is c1ccc(-c2nn3c(Sc4nnc5c6sccc6ncn45)nnc3s2)cc1. The Hall–Kier alpha value is -2.89. The van der Waals surface area contributed by atoms with Crippen LogP contribution >= 0.6 is 34.4 Å². The van der Waals surface area contributed by atoms with E-state index in [4.69, 9.17) is 0 Å². The molecule has 6 rings (SSSR count). The Morgan fingerprint density at radius 2 is 1.81 bits per heavy atom. The van der Waals surface area contributed by atoms with Gasteiger partial charge in [-0.3, -0.25) is 4.40 Å². The van der Waals surface area contributed by atoms with Crippen LogP contribution in [0, 0.1) is 0 Å². The number of fused-ring (bicyclic) bond motifs is 4. The summed E-state index contributed by atoms with van der Waals surface area (Å²) in [6.07, 6.45) is 1.74. The molecule has 0 radical (unpaired) electrons. The molecule has 0 atom stereocenters. The van der Waals surface area contributed by atoms with Crippen LogP contribution in [0.5, 0.6) is 0 Å². The number of thiophene rings is 1. The Morgan fingerprint density at radius 3 is 2.74 bits per heavy atom. The molecular formula is C16H8N8S3. The zero-order valence-electron chi connectivity index (χ0n) is 13.4. The first-order valence-electron chi connectivity index (χ1n) is 7.89. The average molecular weight is 408 g/mol. The number of hydrogen-bond acceptors (Lipinski definition) is 9. The Labute approximate surface area is 163 Å². The highest BCUT2D eigenvalue weighted by Gasteiger charge is 2.18. The number of rotatable bonds is 3. The van der Waals surface area contributed by atoms with E-state index in [2.05, 4.69) is 30.5 Å². The van der Waals surface area contributed by atoms with E-state index in [1.165, 1.54) is 23.1 Å². The van der Waals surface area contributed by atoms with Crippen LogP contribution < -0.4 is 0 Å². The minimum atomic E-state index is 0.643. The Kier molecular flexibility index (Phi) is 3.27.